The number of aliphatic carboxylic acids is 1. The molecule has 3 rings (SSSR count). The standard InChI is InChI=1S/C29H48O4Si/c1-20(27(30)28(31)32)12-13-21-18-24-15-14-22(25(24)19-21)16-17-26(23-10-8-7-9-11-23)33-34(5,6)29(2,3)4/h13,16-17,20,22-26H,7-12,14-15,18-19H2,1-6H3,(H,31,32)/b17-16+,21-13+/t20?,22-,24+,25-,26-/m1/s1. The molecule has 0 aromatic carbocycles. The first-order valence-electron chi connectivity index (χ1n) is 13.7. The molecule has 4 nitrogen and oxygen atoms in total. The van der Waals surface area contributed by atoms with Crippen molar-refractivity contribution in [3.63, 3.8) is 0 Å². The van der Waals surface area contributed by atoms with Crippen molar-refractivity contribution in [1.82, 2.24) is 0 Å². The predicted octanol–water partition coefficient (Wildman–Crippen LogP) is 7.56. The quantitative estimate of drug-likeness (QED) is 0.207. The van der Waals surface area contributed by atoms with Crippen LogP contribution in [0.5, 0.6) is 0 Å². The van der Waals surface area contributed by atoms with Crippen molar-refractivity contribution < 1.29 is 19.1 Å². The van der Waals surface area contributed by atoms with E-state index in [-0.39, 0.29) is 11.1 Å². The second kappa shape index (κ2) is 11.2. The van der Waals surface area contributed by atoms with Crippen molar-refractivity contribution >= 4 is 20.1 Å². The van der Waals surface area contributed by atoms with Crippen molar-refractivity contribution in [2.24, 2.45) is 29.6 Å². The van der Waals surface area contributed by atoms with Gasteiger partial charge in [-0.1, -0.05) is 70.8 Å². The van der Waals surface area contributed by atoms with Crippen LogP contribution in [-0.2, 0) is 14.0 Å². The number of carboxylic acid groups (broad SMARTS) is 1. The largest absolute Gasteiger partial charge is 0.475 e. The summed E-state index contributed by atoms with van der Waals surface area (Å²) in [6.45, 7) is 13.5. The molecule has 3 fully saturated rings. The summed E-state index contributed by atoms with van der Waals surface area (Å²) in [6, 6.07) is 0. The van der Waals surface area contributed by atoms with Gasteiger partial charge in [0, 0.05) is 5.92 Å². The van der Waals surface area contributed by atoms with Crippen molar-refractivity contribution in [1.29, 1.82) is 0 Å². The van der Waals surface area contributed by atoms with E-state index in [0.717, 1.165) is 18.8 Å². The Hall–Kier alpha value is -1.20. The third kappa shape index (κ3) is 6.72. The van der Waals surface area contributed by atoms with Crippen LogP contribution in [0, 0.1) is 29.6 Å². The van der Waals surface area contributed by atoms with E-state index >= 15 is 0 Å². The first kappa shape index (κ1) is 27.4. The van der Waals surface area contributed by atoms with Crippen LogP contribution in [0.2, 0.25) is 18.1 Å². The average Bonchev–Trinajstić information content (AvgIpc) is 3.34. The molecule has 0 spiro atoms. The van der Waals surface area contributed by atoms with Gasteiger partial charge in [-0.3, -0.25) is 4.79 Å². The molecule has 0 bridgehead atoms. The second-order valence-corrected chi connectivity index (χ2v) is 17.6. The lowest BCUT2D eigenvalue weighted by molar-refractivity contribution is -0.150. The zero-order valence-corrected chi connectivity index (χ0v) is 23.4. The minimum Gasteiger partial charge on any atom is -0.475 e. The molecular formula is C29H48O4Si. The molecule has 3 saturated carbocycles. The zero-order chi connectivity index (χ0) is 25.1. The average molecular weight is 489 g/mol. The Morgan fingerprint density at radius 2 is 1.76 bits per heavy atom. The van der Waals surface area contributed by atoms with Gasteiger partial charge in [0.25, 0.3) is 0 Å². The van der Waals surface area contributed by atoms with Crippen LogP contribution in [0.4, 0.5) is 0 Å². The Balaban J connectivity index is 1.66. The van der Waals surface area contributed by atoms with Gasteiger partial charge in [0.1, 0.15) is 0 Å². The Labute approximate surface area is 208 Å². The molecule has 0 aromatic heterocycles. The van der Waals surface area contributed by atoms with E-state index < -0.39 is 26.0 Å². The number of hydrogen-bond acceptors (Lipinski definition) is 3. The minimum atomic E-state index is -1.83. The maximum Gasteiger partial charge on any atom is 0.372 e. The molecular weight excluding hydrogens is 440 g/mol. The van der Waals surface area contributed by atoms with Crippen LogP contribution in [0.25, 0.3) is 0 Å². The van der Waals surface area contributed by atoms with E-state index in [1.807, 2.05) is 0 Å². The molecule has 0 amide bonds. The summed E-state index contributed by atoms with van der Waals surface area (Å²) in [4.78, 5) is 22.6. The van der Waals surface area contributed by atoms with Gasteiger partial charge in [-0.25, -0.2) is 4.79 Å². The molecule has 0 radical (unpaired) electrons. The molecule has 0 aliphatic heterocycles. The van der Waals surface area contributed by atoms with Gasteiger partial charge in [0.05, 0.1) is 6.10 Å². The third-order valence-corrected chi connectivity index (χ3v) is 13.8. The van der Waals surface area contributed by atoms with E-state index in [1.165, 1.54) is 50.5 Å². The molecule has 34 heavy (non-hydrogen) atoms. The molecule has 192 valence electrons. The summed E-state index contributed by atoms with van der Waals surface area (Å²) in [7, 11) is -1.83. The molecule has 1 unspecified atom stereocenters. The summed E-state index contributed by atoms with van der Waals surface area (Å²) in [5, 5.41) is 9.16. The van der Waals surface area contributed by atoms with Crippen molar-refractivity contribution in [2.45, 2.75) is 116 Å². The van der Waals surface area contributed by atoms with E-state index in [0.29, 0.717) is 24.2 Å². The molecule has 1 N–H and O–H groups in total. The van der Waals surface area contributed by atoms with Gasteiger partial charge in [-0.15, -0.1) is 0 Å². The highest BCUT2D eigenvalue weighted by Crippen LogP contribution is 2.50. The lowest BCUT2D eigenvalue weighted by atomic mass is 9.84. The maximum atomic E-state index is 11.7. The number of ketones is 1. The van der Waals surface area contributed by atoms with E-state index in [2.05, 4.69) is 52.1 Å². The van der Waals surface area contributed by atoms with Gasteiger partial charge in [-0.2, -0.15) is 0 Å². The van der Waals surface area contributed by atoms with Gasteiger partial charge < -0.3 is 9.53 Å². The first-order chi connectivity index (χ1) is 15.9. The minimum absolute atomic E-state index is 0.219. The molecule has 0 heterocycles. The zero-order valence-electron chi connectivity index (χ0n) is 22.4. The van der Waals surface area contributed by atoms with Crippen LogP contribution in [0.1, 0.15) is 91.9 Å². The number of rotatable bonds is 9. The van der Waals surface area contributed by atoms with Gasteiger partial charge in [0.15, 0.2) is 8.32 Å². The fraction of sp³-hybridized carbons (Fsp3) is 0.793. The van der Waals surface area contributed by atoms with Crippen LogP contribution < -0.4 is 0 Å². The highest BCUT2D eigenvalue weighted by molar-refractivity contribution is 6.74. The summed E-state index contributed by atoms with van der Waals surface area (Å²) in [6.07, 6.45) is 19.3. The topological polar surface area (TPSA) is 63.6 Å². The summed E-state index contributed by atoms with van der Waals surface area (Å²) >= 11 is 0. The van der Waals surface area contributed by atoms with Crippen LogP contribution in [-0.4, -0.2) is 31.3 Å². The highest BCUT2D eigenvalue weighted by atomic mass is 28.4. The van der Waals surface area contributed by atoms with Gasteiger partial charge in [-0.05, 0) is 86.7 Å². The van der Waals surface area contributed by atoms with E-state index in [9.17, 15) is 9.59 Å². The Bertz CT molecular complexity index is 784. The summed E-state index contributed by atoms with van der Waals surface area (Å²) in [5.41, 5.74) is 1.43. The van der Waals surface area contributed by atoms with Crippen LogP contribution in [0.3, 0.4) is 0 Å². The Morgan fingerprint density at radius 1 is 1.09 bits per heavy atom. The van der Waals surface area contributed by atoms with E-state index in [4.69, 9.17) is 9.53 Å². The molecule has 3 aliphatic carbocycles. The number of hydrogen-bond donors (Lipinski definition) is 1. The second-order valence-electron chi connectivity index (χ2n) is 12.9. The Morgan fingerprint density at radius 3 is 2.38 bits per heavy atom. The third-order valence-electron chi connectivity index (χ3n) is 9.37. The number of allylic oxidation sites excluding steroid dienone is 3. The highest BCUT2D eigenvalue weighted by Gasteiger charge is 2.42. The van der Waals surface area contributed by atoms with Crippen molar-refractivity contribution in [3.8, 4) is 0 Å². The van der Waals surface area contributed by atoms with Crippen molar-refractivity contribution in [2.75, 3.05) is 0 Å². The summed E-state index contributed by atoms with van der Waals surface area (Å²) < 4.78 is 7.00. The van der Waals surface area contributed by atoms with Gasteiger partial charge >= 0.3 is 5.97 Å². The van der Waals surface area contributed by atoms with Gasteiger partial charge in [0.2, 0.25) is 5.78 Å². The number of carbonyl (C=O) groups is 2. The van der Waals surface area contributed by atoms with Crippen LogP contribution >= 0.6 is 0 Å². The first-order valence-corrected chi connectivity index (χ1v) is 16.6. The molecule has 3 aliphatic rings. The molecule has 0 aromatic rings. The van der Waals surface area contributed by atoms with E-state index in [1.54, 1.807) is 6.92 Å². The summed E-state index contributed by atoms with van der Waals surface area (Å²) in [5.74, 6) is 0.267. The smallest absolute Gasteiger partial charge is 0.372 e. The Kier molecular flexibility index (Phi) is 9.05. The number of Topliss-reactive ketones (excluding diaryl/α,β-unsaturated/α-hetero) is 1. The molecule has 5 atom stereocenters. The lowest BCUT2D eigenvalue weighted by Crippen LogP contribution is -2.45. The molecule has 0 saturated heterocycles. The normalized spacial score (nSPS) is 29.5. The number of carboxylic acids is 1. The van der Waals surface area contributed by atoms with Crippen LogP contribution in [0.15, 0.2) is 23.8 Å². The lowest BCUT2D eigenvalue weighted by Gasteiger charge is -2.41. The monoisotopic (exact) mass is 488 g/mol. The fourth-order valence-corrected chi connectivity index (χ4v) is 7.38. The number of fused-ring (bicyclic) bond motifs is 1. The SMILES string of the molecule is CC(C/C=C1\C[C@@H]2CC[C@H](/C=C/[C@@H](O[Si](C)(C)C(C)(C)C)C3CCCCC3)[C@H]2C1)C(=O)C(=O)O. The fourth-order valence-electron chi connectivity index (χ4n) is 6.07. The predicted molar refractivity (Wildman–Crippen MR) is 141 cm³/mol. The number of carbonyl (C=O) groups excluding carboxylic acids is 1. The maximum absolute atomic E-state index is 11.7. The molecule has 5 heteroatoms. The van der Waals surface area contributed by atoms with Crippen molar-refractivity contribution in [3.05, 3.63) is 23.8 Å².